The third-order valence-electron chi connectivity index (χ3n) is 3.92. The fraction of sp³-hybridized carbons (Fsp3) is 0. The number of rotatable bonds is 3. The van der Waals surface area contributed by atoms with Crippen LogP contribution >= 0.6 is 0 Å². The first-order chi connectivity index (χ1) is 11.7. The number of nitrogens with zero attached hydrogens (tertiary/aromatic N) is 2. The first-order valence-electron chi connectivity index (χ1n) is 7.52. The Morgan fingerprint density at radius 2 is 1.54 bits per heavy atom. The topological polar surface area (TPSA) is 68.1 Å². The lowest BCUT2D eigenvalue weighted by Crippen LogP contribution is -1.98. The zero-order valence-electron chi connectivity index (χ0n) is 12.6. The summed E-state index contributed by atoms with van der Waals surface area (Å²) in [7, 11) is 0. The van der Waals surface area contributed by atoms with Gasteiger partial charge in [0.25, 0.3) is 5.69 Å². The maximum atomic E-state index is 11.5. The van der Waals surface area contributed by atoms with Crippen molar-refractivity contribution >= 4 is 38.9 Å². The summed E-state index contributed by atoms with van der Waals surface area (Å²) in [4.78, 5) is 15.7. The van der Waals surface area contributed by atoms with Gasteiger partial charge in [-0.15, -0.1) is 0 Å². The molecule has 0 unspecified atom stereocenters. The molecule has 1 aromatic heterocycles. The molecule has 5 nitrogen and oxygen atoms in total. The number of para-hydroxylation sites is 2. The highest BCUT2D eigenvalue weighted by Gasteiger charge is 2.19. The lowest BCUT2D eigenvalue weighted by Gasteiger charge is -2.13. The van der Waals surface area contributed by atoms with E-state index < -0.39 is 0 Å². The minimum Gasteiger partial charge on any atom is -0.354 e. The average molecular weight is 315 g/mol. The summed E-state index contributed by atoms with van der Waals surface area (Å²) in [6, 6.07) is 22.2. The van der Waals surface area contributed by atoms with Gasteiger partial charge in [0.05, 0.1) is 21.6 Å². The van der Waals surface area contributed by atoms with Gasteiger partial charge in [-0.2, -0.15) is 0 Å². The molecule has 0 saturated carbocycles. The summed E-state index contributed by atoms with van der Waals surface area (Å²) >= 11 is 0. The van der Waals surface area contributed by atoms with Crippen LogP contribution in [0.1, 0.15) is 0 Å². The zero-order chi connectivity index (χ0) is 16.5. The Morgan fingerprint density at radius 1 is 0.833 bits per heavy atom. The largest absolute Gasteiger partial charge is 0.354 e. The van der Waals surface area contributed by atoms with E-state index in [4.69, 9.17) is 0 Å². The van der Waals surface area contributed by atoms with Crippen molar-refractivity contribution in [2.24, 2.45) is 0 Å². The maximum absolute atomic E-state index is 11.5. The third-order valence-corrected chi connectivity index (χ3v) is 3.92. The van der Waals surface area contributed by atoms with E-state index in [1.807, 2.05) is 54.6 Å². The molecule has 0 radical (unpaired) electrons. The fourth-order valence-electron chi connectivity index (χ4n) is 2.87. The van der Waals surface area contributed by atoms with Crippen molar-refractivity contribution in [1.82, 2.24) is 4.98 Å². The van der Waals surface area contributed by atoms with Crippen LogP contribution in [-0.2, 0) is 0 Å². The molecule has 0 aliphatic rings. The lowest BCUT2D eigenvalue weighted by atomic mass is 10.1. The molecule has 0 aliphatic heterocycles. The van der Waals surface area contributed by atoms with Crippen molar-refractivity contribution in [1.29, 1.82) is 0 Å². The number of nitrogens with one attached hydrogen (secondary N) is 1. The molecule has 0 saturated heterocycles. The minimum atomic E-state index is -0.366. The Hall–Kier alpha value is -3.47. The van der Waals surface area contributed by atoms with Crippen molar-refractivity contribution < 1.29 is 4.92 Å². The average Bonchev–Trinajstić information content (AvgIpc) is 2.61. The van der Waals surface area contributed by atoms with Crippen molar-refractivity contribution in [3.8, 4) is 0 Å². The van der Waals surface area contributed by atoms with Crippen molar-refractivity contribution in [3.05, 3.63) is 82.9 Å². The van der Waals surface area contributed by atoms with Gasteiger partial charge in [0.15, 0.2) is 0 Å². The van der Waals surface area contributed by atoms with Gasteiger partial charge in [0.2, 0.25) is 0 Å². The number of nitro benzene ring substituents is 1. The van der Waals surface area contributed by atoms with E-state index in [1.165, 1.54) is 6.07 Å². The quantitative estimate of drug-likeness (QED) is 0.327. The van der Waals surface area contributed by atoms with Crippen molar-refractivity contribution in [2.75, 3.05) is 5.32 Å². The Morgan fingerprint density at radius 3 is 2.33 bits per heavy atom. The van der Waals surface area contributed by atoms with E-state index >= 15 is 0 Å². The first kappa shape index (κ1) is 14.1. The summed E-state index contributed by atoms with van der Waals surface area (Å²) in [5, 5.41) is 16.2. The predicted octanol–water partition coefficient (Wildman–Crippen LogP) is 5.04. The lowest BCUT2D eigenvalue weighted by molar-refractivity contribution is -0.383. The molecule has 24 heavy (non-hydrogen) atoms. The molecular weight excluding hydrogens is 302 g/mol. The van der Waals surface area contributed by atoms with Crippen LogP contribution in [0.25, 0.3) is 21.8 Å². The summed E-state index contributed by atoms with van der Waals surface area (Å²) < 4.78 is 0. The summed E-state index contributed by atoms with van der Waals surface area (Å²) in [6.07, 6.45) is 0. The molecule has 0 spiro atoms. The summed E-state index contributed by atoms with van der Waals surface area (Å²) in [6.45, 7) is 0. The summed E-state index contributed by atoms with van der Waals surface area (Å²) in [5.74, 6) is 0. The highest BCUT2D eigenvalue weighted by molar-refractivity contribution is 6.12. The first-order valence-corrected chi connectivity index (χ1v) is 7.52. The van der Waals surface area contributed by atoms with E-state index in [2.05, 4.69) is 10.3 Å². The highest BCUT2D eigenvalue weighted by atomic mass is 16.6. The van der Waals surface area contributed by atoms with E-state index in [0.29, 0.717) is 16.6 Å². The van der Waals surface area contributed by atoms with Gasteiger partial charge in [-0.25, -0.2) is 4.98 Å². The second-order valence-electron chi connectivity index (χ2n) is 5.42. The maximum Gasteiger partial charge on any atom is 0.280 e. The van der Waals surface area contributed by atoms with Crippen molar-refractivity contribution in [3.63, 3.8) is 0 Å². The second kappa shape index (κ2) is 5.62. The van der Waals surface area contributed by atoms with E-state index in [9.17, 15) is 10.1 Å². The predicted molar refractivity (Wildman–Crippen MR) is 95.6 cm³/mol. The highest BCUT2D eigenvalue weighted by Crippen LogP contribution is 2.37. The fourth-order valence-corrected chi connectivity index (χ4v) is 2.87. The van der Waals surface area contributed by atoms with E-state index in [1.54, 1.807) is 12.1 Å². The molecule has 0 fully saturated rings. The third kappa shape index (κ3) is 2.32. The zero-order valence-corrected chi connectivity index (χ0v) is 12.6. The minimum absolute atomic E-state index is 0.0455. The van der Waals surface area contributed by atoms with Gasteiger partial charge >= 0.3 is 0 Å². The number of fused-ring (bicyclic) bond motifs is 2. The van der Waals surface area contributed by atoms with Crippen LogP contribution in [-0.4, -0.2) is 9.91 Å². The molecule has 116 valence electrons. The number of anilines is 2. The monoisotopic (exact) mass is 315 g/mol. The molecular formula is C19H13N3O2. The molecule has 5 heteroatoms. The standard InChI is InChI=1S/C19H13N3O2/c23-22(24)17-12-6-11-16-18(17)19(20-13-7-2-1-3-8-13)14-9-4-5-10-15(14)21-16/h1-12H,(H,20,21). The number of pyridine rings is 1. The van der Waals surface area contributed by atoms with Gasteiger partial charge in [-0.1, -0.05) is 42.5 Å². The smallest absolute Gasteiger partial charge is 0.280 e. The molecule has 0 amide bonds. The van der Waals surface area contributed by atoms with Crippen LogP contribution < -0.4 is 5.32 Å². The van der Waals surface area contributed by atoms with Crippen LogP contribution in [0, 0.1) is 10.1 Å². The summed E-state index contributed by atoms with van der Waals surface area (Å²) in [5.41, 5.74) is 3.01. The van der Waals surface area contributed by atoms with E-state index in [0.717, 1.165) is 16.6 Å². The van der Waals surface area contributed by atoms with Gasteiger partial charge in [-0.05, 0) is 24.3 Å². The molecule has 0 aliphatic carbocycles. The van der Waals surface area contributed by atoms with Crippen LogP contribution in [0.2, 0.25) is 0 Å². The van der Waals surface area contributed by atoms with Gasteiger partial charge in [-0.3, -0.25) is 10.1 Å². The Labute approximate surface area is 137 Å². The van der Waals surface area contributed by atoms with Crippen molar-refractivity contribution in [2.45, 2.75) is 0 Å². The van der Waals surface area contributed by atoms with Gasteiger partial charge < -0.3 is 5.32 Å². The molecule has 4 aromatic rings. The molecule has 4 rings (SSSR count). The van der Waals surface area contributed by atoms with Crippen LogP contribution in [0.5, 0.6) is 0 Å². The van der Waals surface area contributed by atoms with Gasteiger partial charge in [0, 0.05) is 17.1 Å². The number of hydrogen-bond donors (Lipinski definition) is 1. The molecule has 1 heterocycles. The molecule has 3 aromatic carbocycles. The van der Waals surface area contributed by atoms with Crippen LogP contribution in [0.4, 0.5) is 17.1 Å². The van der Waals surface area contributed by atoms with Gasteiger partial charge in [0.1, 0.15) is 5.39 Å². The molecule has 0 bridgehead atoms. The Balaban J connectivity index is 2.10. The normalized spacial score (nSPS) is 10.8. The Kier molecular flexibility index (Phi) is 3.31. The number of nitro groups is 1. The number of hydrogen-bond acceptors (Lipinski definition) is 4. The number of non-ortho nitro benzene ring substituents is 1. The van der Waals surface area contributed by atoms with Crippen LogP contribution in [0.15, 0.2) is 72.8 Å². The number of aromatic nitrogens is 1. The van der Waals surface area contributed by atoms with Crippen LogP contribution in [0.3, 0.4) is 0 Å². The molecule has 1 N–H and O–H groups in total. The Bertz CT molecular complexity index is 1060. The second-order valence-corrected chi connectivity index (χ2v) is 5.42. The SMILES string of the molecule is O=[N+]([O-])c1cccc2nc3ccccc3c(Nc3ccccc3)c12. The van der Waals surface area contributed by atoms with E-state index in [-0.39, 0.29) is 10.6 Å². The molecule has 0 atom stereocenters. The number of benzene rings is 3.